The Balaban J connectivity index is 1.70. The highest BCUT2D eigenvalue weighted by molar-refractivity contribution is 5.98. The van der Waals surface area contributed by atoms with Crippen molar-refractivity contribution >= 4 is 23.4 Å². The molecule has 1 aromatic carbocycles. The molecule has 2 heterocycles. The summed E-state index contributed by atoms with van der Waals surface area (Å²) in [6.07, 6.45) is 1.34. The van der Waals surface area contributed by atoms with Gasteiger partial charge in [-0.3, -0.25) is 19.2 Å². The summed E-state index contributed by atoms with van der Waals surface area (Å²) in [6.45, 7) is 8.28. The fraction of sp³-hybridized carbons (Fsp3) is 0.600. The lowest BCUT2D eigenvalue weighted by Crippen LogP contribution is -2.63. The number of carbonyl (C=O) groups is 4. The van der Waals surface area contributed by atoms with Crippen molar-refractivity contribution in [1.29, 1.82) is 0 Å². The number of ketones is 2. The van der Waals surface area contributed by atoms with E-state index in [1.54, 1.807) is 19.1 Å². The lowest BCUT2D eigenvalue weighted by atomic mass is 9.50. The molecule has 0 bridgehead atoms. The van der Waals surface area contributed by atoms with Gasteiger partial charge in [-0.1, -0.05) is 63.3 Å². The molecule has 11 atom stereocenters. The van der Waals surface area contributed by atoms with Crippen LogP contribution in [0.3, 0.4) is 0 Å². The number of carbonyl (C=O) groups excluding carboxylic acids is 4. The predicted molar refractivity (Wildman–Crippen MR) is 138 cm³/mol. The zero-order valence-electron chi connectivity index (χ0n) is 22.5. The normalized spacial score (nSPS) is 45.1. The Morgan fingerprint density at radius 2 is 1.84 bits per heavy atom. The van der Waals surface area contributed by atoms with Gasteiger partial charge in [0.05, 0.1) is 5.92 Å². The van der Waals surface area contributed by atoms with Crippen LogP contribution >= 0.6 is 0 Å². The number of Topliss-reactive ketones (excluding diaryl/α,β-unsaturated/α-hetero) is 2. The molecule has 2 aliphatic heterocycles. The quantitative estimate of drug-likeness (QED) is 0.354. The minimum atomic E-state index is -1.83. The first-order chi connectivity index (χ1) is 17.9. The molecule has 1 aromatic rings. The first-order valence-electron chi connectivity index (χ1n) is 13.6. The Morgan fingerprint density at radius 3 is 2.50 bits per heavy atom. The van der Waals surface area contributed by atoms with Gasteiger partial charge in [0.2, 0.25) is 5.91 Å². The van der Waals surface area contributed by atoms with Crippen molar-refractivity contribution in [2.24, 2.45) is 35.0 Å². The van der Waals surface area contributed by atoms with Crippen LogP contribution in [0.25, 0.3) is 0 Å². The number of epoxide rings is 1. The molecule has 0 unspecified atom stereocenters. The second-order valence-electron chi connectivity index (χ2n) is 11.9. The fourth-order valence-electron chi connectivity index (χ4n) is 7.49. The monoisotopic (exact) mass is 523 g/mol. The fourth-order valence-corrected chi connectivity index (χ4v) is 7.49. The Kier molecular flexibility index (Phi) is 6.63. The van der Waals surface area contributed by atoms with Crippen LogP contribution in [0.2, 0.25) is 0 Å². The number of esters is 1. The third-order valence-corrected chi connectivity index (χ3v) is 9.52. The van der Waals surface area contributed by atoms with Crippen molar-refractivity contribution in [2.45, 2.75) is 77.4 Å². The zero-order chi connectivity index (χ0) is 27.6. The highest BCUT2D eigenvalue weighted by Gasteiger charge is 2.75. The summed E-state index contributed by atoms with van der Waals surface area (Å²) < 4.78 is 11.8. The van der Waals surface area contributed by atoms with Crippen LogP contribution in [-0.2, 0) is 35.1 Å². The van der Waals surface area contributed by atoms with Crippen molar-refractivity contribution < 1.29 is 33.8 Å². The van der Waals surface area contributed by atoms with Crippen molar-refractivity contribution in [2.75, 3.05) is 0 Å². The summed E-state index contributed by atoms with van der Waals surface area (Å²) >= 11 is 0. The molecule has 8 heteroatoms. The molecular weight excluding hydrogens is 486 g/mol. The molecule has 1 spiro atoms. The average Bonchev–Trinajstić information content (AvgIpc) is 3.62. The molecule has 5 rings (SSSR count). The number of rotatable bonds is 3. The van der Waals surface area contributed by atoms with Gasteiger partial charge in [-0.15, -0.1) is 0 Å². The zero-order valence-corrected chi connectivity index (χ0v) is 22.5. The molecule has 8 nitrogen and oxygen atoms in total. The molecule has 38 heavy (non-hydrogen) atoms. The van der Waals surface area contributed by atoms with Crippen LogP contribution in [-0.4, -0.2) is 58.5 Å². The van der Waals surface area contributed by atoms with E-state index >= 15 is 0 Å². The highest BCUT2D eigenvalue weighted by Crippen LogP contribution is 2.60. The van der Waals surface area contributed by atoms with Crippen LogP contribution in [0, 0.1) is 35.0 Å². The topological polar surface area (TPSA) is 122 Å². The standard InChI is InChI=1S/C30H37NO7/c1-15-10-9-13-20-23(33)17(3)16(2)22-21(14-19-11-7-6-8-12-19)31-28(35)30(20,22)27(37-18(4)32)24-26(38-24)29(5,36)25(15)34/h6-9,11-13,15-17,20-22,24,26-27,36H,10,14H2,1-5H3,(H,31,35)/b13-9+/t15-,16+,17+,20-,21-,22-,24-,26-,27+,29-,30-/m0/s1. The maximum atomic E-state index is 14.3. The number of benzene rings is 1. The molecule has 0 aromatic heterocycles. The van der Waals surface area contributed by atoms with Crippen molar-refractivity contribution in [1.82, 2.24) is 5.32 Å². The van der Waals surface area contributed by atoms with E-state index in [2.05, 4.69) is 5.32 Å². The maximum Gasteiger partial charge on any atom is 0.303 e. The van der Waals surface area contributed by atoms with Gasteiger partial charge in [-0.2, -0.15) is 0 Å². The van der Waals surface area contributed by atoms with E-state index in [1.165, 1.54) is 13.8 Å². The number of hydrogen-bond donors (Lipinski definition) is 2. The molecule has 2 aliphatic carbocycles. The molecule has 204 valence electrons. The van der Waals surface area contributed by atoms with Gasteiger partial charge >= 0.3 is 5.97 Å². The second kappa shape index (κ2) is 9.42. The number of allylic oxidation sites excluding steroid dienone is 2. The van der Waals surface area contributed by atoms with Crippen LogP contribution in [0.1, 0.15) is 46.6 Å². The molecule has 1 amide bonds. The molecule has 1 saturated carbocycles. The van der Waals surface area contributed by atoms with Gasteiger partial charge < -0.3 is 19.9 Å². The van der Waals surface area contributed by atoms with Gasteiger partial charge in [0.15, 0.2) is 5.78 Å². The Hall–Kier alpha value is -2.84. The van der Waals surface area contributed by atoms with E-state index in [0.717, 1.165) is 5.56 Å². The van der Waals surface area contributed by atoms with Gasteiger partial charge in [-0.05, 0) is 31.2 Å². The van der Waals surface area contributed by atoms with Gasteiger partial charge in [-0.25, -0.2) is 0 Å². The second-order valence-corrected chi connectivity index (χ2v) is 11.9. The summed E-state index contributed by atoms with van der Waals surface area (Å²) in [5.41, 5.74) is -2.24. The van der Waals surface area contributed by atoms with E-state index in [4.69, 9.17) is 9.47 Å². The van der Waals surface area contributed by atoms with Gasteiger partial charge in [0.1, 0.15) is 35.1 Å². The Morgan fingerprint density at radius 1 is 1.16 bits per heavy atom. The largest absolute Gasteiger partial charge is 0.458 e. The Labute approximate surface area is 223 Å². The predicted octanol–water partition coefficient (Wildman–Crippen LogP) is 2.42. The summed E-state index contributed by atoms with van der Waals surface area (Å²) in [5, 5.41) is 14.5. The average molecular weight is 524 g/mol. The number of nitrogens with one attached hydrogen (secondary N) is 1. The summed E-state index contributed by atoms with van der Waals surface area (Å²) in [7, 11) is 0. The molecule has 0 radical (unpaired) electrons. The van der Waals surface area contributed by atoms with E-state index in [0.29, 0.717) is 12.8 Å². The lowest BCUT2D eigenvalue weighted by molar-refractivity contribution is -0.178. The minimum absolute atomic E-state index is 0.0974. The van der Waals surface area contributed by atoms with E-state index in [1.807, 2.05) is 44.2 Å². The van der Waals surface area contributed by atoms with Crippen molar-refractivity contribution in [3.05, 3.63) is 48.0 Å². The highest BCUT2D eigenvalue weighted by atomic mass is 16.6. The summed E-state index contributed by atoms with van der Waals surface area (Å²) in [6, 6.07) is 9.52. The third kappa shape index (κ3) is 3.95. The molecule has 2 N–H and O–H groups in total. The molecule has 3 fully saturated rings. The number of fused-ring (bicyclic) bond motifs is 1. The third-order valence-electron chi connectivity index (χ3n) is 9.52. The number of hydrogen-bond acceptors (Lipinski definition) is 7. The van der Waals surface area contributed by atoms with Crippen molar-refractivity contribution in [3.8, 4) is 0 Å². The summed E-state index contributed by atoms with van der Waals surface area (Å²) in [5.74, 6) is -3.78. The smallest absolute Gasteiger partial charge is 0.303 e. The summed E-state index contributed by atoms with van der Waals surface area (Å²) in [4.78, 5) is 53.9. The molecule has 4 aliphatic rings. The number of aliphatic hydroxyl groups is 1. The van der Waals surface area contributed by atoms with Crippen LogP contribution in [0.15, 0.2) is 42.5 Å². The van der Waals surface area contributed by atoms with Crippen LogP contribution < -0.4 is 5.32 Å². The molecular formula is C30H37NO7. The number of ether oxygens (including phenoxy) is 2. The maximum absolute atomic E-state index is 14.3. The SMILES string of the molecule is CC(=O)O[C@@H]1[C@H]2O[C@@H]2[C@@](C)(O)C(=O)[C@@H](C)C/C=C/[C@H]2C(=O)[C@H](C)[C@@H](C)[C@H]3[C@H](Cc4ccccc4)NC(=O)[C@@]312. The van der Waals surface area contributed by atoms with Crippen molar-refractivity contribution in [3.63, 3.8) is 0 Å². The van der Waals surface area contributed by atoms with Gasteiger partial charge in [0, 0.05) is 30.7 Å². The lowest BCUT2D eigenvalue weighted by Gasteiger charge is -2.51. The van der Waals surface area contributed by atoms with E-state index in [-0.39, 0.29) is 41.3 Å². The molecule has 2 saturated heterocycles. The van der Waals surface area contributed by atoms with Crippen LogP contribution in [0.5, 0.6) is 0 Å². The van der Waals surface area contributed by atoms with E-state index < -0.39 is 47.1 Å². The van der Waals surface area contributed by atoms with Crippen LogP contribution in [0.4, 0.5) is 0 Å². The first-order valence-corrected chi connectivity index (χ1v) is 13.6. The number of amides is 1. The first kappa shape index (κ1) is 26.8. The van der Waals surface area contributed by atoms with Gasteiger partial charge in [0.25, 0.3) is 0 Å². The van der Waals surface area contributed by atoms with E-state index in [9.17, 15) is 24.3 Å². The Bertz CT molecular complexity index is 1180. The minimum Gasteiger partial charge on any atom is -0.458 e.